The molecule has 3 rings (SSSR count). The van der Waals surface area contributed by atoms with Gasteiger partial charge in [-0.1, -0.05) is 0 Å². The Labute approximate surface area is 102 Å². The Morgan fingerprint density at radius 1 is 1.47 bits per heavy atom. The summed E-state index contributed by atoms with van der Waals surface area (Å²) >= 11 is 1.54. The molecule has 0 unspecified atom stereocenters. The predicted molar refractivity (Wildman–Crippen MR) is 66.3 cm³/mol. The molecule has 0 radical (unpaired) electrons. The molecule has 2 aromatic rings. The summed E-state index contributed by atoms with van der Waals surface area (Å²) in [4.78, 5) is 13.7. The molecule has 0 saturated carbocycles. The van der Waals surface area contributed by atoms with Crippen LogP contribution in [0.2, 0.25) is 0 Å². The van der Waals surface area contributed by atoms with E-state index in [0.29, 0.717) is 29.8 Å². The second-order valence-electron chi connectivity index (χ2n) is 3.63. The van der Waals surface area contributed by atoms with Gasteiger partial charge in [0, 0.05) is 6.20 Å². The van der Waals surface area contributed by atoms with Gasteiger partial charge in [0.25, 0.3) is 0 Å². The lowest BCUT2D eigenvalue weighted by atomic mass is 10.4. The first-order valence-corrected chi connectivity index (χ1v) is 6.02. The standard InChI is InChI=1S/C10H11N5OS/c1-5-13-4-6(17-5)9-14-8(11)7-10(15-9)12-2-3-16-7/h4H,2-3H2,1H3,(H3,11,12,14,15). The summed E-state index contributed by atoms with van der Waals surface area (Å²) in [5, 5.41) is 4.12. The van der Waals surface area contributed by atoms with Crippen molar-refractivity contribution in [2.75, 3.05) is 24.2 Å². The number of aryl methyl sites for hydroxylation is 1. The van der Waals surface area contributed by atoms with Crippen LogP contribution in [0, 0.1) is 6.92 Å². The van der Waals surface area contributed by atoms with Gasteiger partial charge in [0.1, 0.15) is 6.61 Å². The van der Waals surface area contributed by atoms with Gasteiger partial charge in [-0.25, -0.2) is 15.0 Å². The number of aromatic nitrogens is 3. The van der Waals surface area contributed by atoms with Crippen LogP contribution < -0.4 is 15.8 Å². The zero-order valence-corrected chi connectivity index (χ0v) is 10.0. The van der Waals surface area contributed by atoms with Crippen LogP contribution in [-0.2, 0) is 0 Å². The number of thiazole rings is 1. The summed E-state index contributed by atoms with van der Waals surface area (Å²) in [5.41, 5.74) is 5.85. The van der Waals surface area contributed by atoms with Gasteiger partial charge in [0.05, 0.1) is 16.4 Å². The highest BCUT2D eigenvalue weighted by atomic mass is 32.1. The molecule has 17 heavy (non-hydrogen) atoms. The molecule has 0 spiro atoms. The first-order valence-electron chi connectivity index (χ1n) is 5.21. The molecule has 6 nitrogen and oxygen atoms in total. The first-order chi connectivity index (χ1) is 8.24. The minimum atomic E-state index is 0.364. The SMILES string of the molecule is Cc1ncc(-c2nc(N)c3c(n2)NCCO3)s1. The van der Waals surface area contributed by atoms with Gasteiger partial charge in [-0.2, -0.15) is 0 Å². The predicted octanol–water partition coefficient (Wildman–Crippen LogP) is 1.30. The fraction of sp³-hybridized carbons (Fsp3) is 0.300. The van der Waals surface area contributed by atoms with Gasteiger partial charge in [0.15, 0.2) is 17.5 Å². The second-order valence-corrected chi connectivity index (χ2v) is 4.86. The maximum atomic E-state index is 5.85. The summed E-state index contributed by atoms with van der Waals surface area (Å²) in [6, 6.07) is 0. The van der Waals surface area contributed by atoms with E-state index in [4.69, 9.17) is 10.5 Å². The van der Waals surface area contributed by atoms with Crippen LogP contribution in [0.3, 0.4) is 0 Å². The van der Waals surface area contributed by atoms with E-state index in [9.17, 15) is 0 Å². The Morgan fingerprint density at radius 3 is 3.12 bits per heavy atom. The summed E-state index contributed by atoms with van der Waals surface area (Å²) in [6.45, 7) is 3.25. The summed E-state index contributed by atoms with van der Waals surface area (Å²) in [7, 11) is 0. The van der Waals surface area contributed by atoms with E-state index in [1.807, 2.05) is 6.92 Å². The topological polar surface area (TPSA) is 86.0 Å². The molecule has 0 atom stereocenters. The van der Waals surface area contributed by atoms with Crippen molar-refractivity contribution in [3.63, 3.8) is 0 Å². The van der Waals surface area contributed by atoms with Gasteiger partial charge in [0.2, 0.25) is 5.75 Å². The van der Waals surface area contributed by atoms with Crippen molar-refractivity contribution in [2.24, 2.45) is 0 Å². The molecule has 0 amide bonds. The van der Waals surface area contributed by atoms with E-state index in [1.54, 1.807) is 6.20 Å². The lowest BCUT2D eigenvalue weighted by Crippen LogP contribution is -2.21. The first kappa shape index (κ1) is 10.3. The zero-order valence-electron chi connectivity index (χ0n) is 9.23. The van der Waals surface area contributed by atoms with E-state index in [0.717, 1.165) is 16.4 Å². The smallest absolute Gasteiger partial charge is 0.204 e. The summed E-state index contributed by atoms with van der Waals surface area (Å²) in [5.74, 6) is 2.15. The third kappa shape index (κ3) is 1.78. The Bertz CT molecular complexity index is 568. The number of nitrogens with one attached hydrogen (secondary N) is 1. The third-order valence-electron chi connectivity index (χ3n) is 2.37. The average Bonchev–Trinajstić information content (AvgIpc) is 2.76. The molecule has 2 aromatic heterocycles. The maximum Gasteiger partial charge on any atom is 0.204 e. The average molecular weight is 249 g/mol. The molecule has 0 saturated heterocycles. The molecule has 3 heterocycles. The van der Waals surface area contributed by atoms with Crippen molar-refractivity contribution in [1.29, 1.82) is 0 Å². The number of nitrogen functional groups attached to an aromatic ring is 1. The van der Waals surface area contributed by atoms with Crippen LogP contribution in [0.1, 0.15) is 5.01 Å². The van der Waals surface area contributed by atoms with Crippen LogP contribution >= 0.6 is 11.3 Å². The normalized spacial score (nSPS) is 13.7. The van der Waals surface area contributed by atoms with Gasteiger partial charge in [-0.15, -0.1) is 11.3 Å². The van der Waals surface area contributed by atoms with E-state index in [1.165, 1.54) is 11.3 Å². The number of fused-ring (bicyclic) bond motifs is 1. The molecule has 1 aliphatic rings. The van der Waals surface area contributed by atoms with Crippen LogP contribution in [0.25, 0.3) is 10.7 Å². The molecular formula is C10H11N5OS. The van der Waals surface area contributed by atoms with E-state index >= 15 is 0 Å². The molecule has 3 N–H and O–H groups in total. The molecule has 88 valence electrons. The summed E-state index contributed by atoms with van der Waals surface area (Å²) < 4.78 is 5.43. The minimum absolute atomic E-state index is 0.364. The molecule has 1 aliphatic heterocycles. The Kier molecular flexibility index (Phi) is 2.32. The fourth-order valence-corrected chi connectivity index (χ4v) is 2.34. The number of nitrogens with two attached hydrogens (primary N) is 1. The Morgan fingerprint density at radius 2 is 2.35 bits per heavy atom. The van der Waals surface area contributed by atoms with Crippen LogP contribution in [0.4, 0.5) is 11.6 Å². The number of hydrogen-bond donors (Lipinski definition) is 2. The fourth-order valence-electron chi connectivity index (χ4n) is 1.63. The van der Waals surface area contributed by atoms with Crippen molar-refractivity contribution in [2.45, 2.75) is 6.92 Å². The number of anilines is 2. The van der Waals surface area contributed by atoms with Gasteiger partial charge in [-0.05, 0) is 6.92 Å². The lowest BCUT2D eigenvalue weighted by molar-refractivity contribution is 0.322. The Hall–Kier alpha value is -1.89. The van der Waals surface area contributed by atoms with Crippen molar-refractivity contribution >= 4 is 23.0 Å². The van der Waals surface area contributed by atoms with Gasteiger partial charge < -0.3 is 15.8 Å². The van der Waals surface area contributed by atoms with E-state index < -0.39 is 0 Å². The number of rotatable bonds is 1. The second kappa shape index (κ2) is 3.85. The van der Waals surface area contributed by atoms with Gasteiger partial charge >= 0.3 is 0 Å². The van der Waals surface area contributed by atoms with Crippen LogP contribution in [0.5, 0.6) is 5.75 Å². The molecule has 0 aliphatic carbocycles. The third-order valence-corrected chi connectivity index (χ3v) is 3.28. The quantitative estimate of drug-likeness (QED) is 0.792. The largest absolute Gasteiger partial charge is 0.485 e. The molecular weight excluding hydrogens is 238 g/mol. The zero-order chi connectivity index (χ0) is 11.8. The molecule has 0 aromatic carbocycles. The van der Waals surface area contributed by atoms with Crippen molar-refractivity contribution in [1.82, 2.24) is 15.0 Å². The van der Waals surface area contributed by atoms with Gasteiger partial charge in [-0.3, -0.25) is 0 Å². The van der Waals surface area contributed by atoms with Crippen molar-refractivity contribution in [3.8, 4) is 16.5 Å². The molecule has 7 heteroatoms. The highest BCUT2D eigenvalue weighted by Gasteiger charge is 2.18. The maximum absolute atomic E-state index is 5.85. The lowest BCUT2D eigenvalue weighted by Gasteiger charge is -2.19. The highest BCUT2D eigenvalue weighted by Crippen LogP contribution is 2.33. The number of ether oxygens (including phenoxy) is 1. The van der Waals surface area contributed by atoms with Crippen molar-refractivity contribution < 1.29 is 4.74 Å². The van der Waals surface area contributed by atoms with Crippen LogP contribution in [-0.4, -0.2) is 28.1 Å². The van der Waals surface area contributed by atoms with Crippen LogP contribution in [0.15, 0.2) is 6.20 Å². The highest BCUT2D eigenvalue weighted by molar-refractivity contribution is 7.14. The number of hydrogen-bond acceptors (Lipinski definition) is 7. The monoisotopic (exact) mass is 249 g/mol. The minimum Gasteiger partial charge on any atom is -0.485 e. The molecule has 0 fully saturated rings. The Balaban J connectivity index is 2.10. The number of nitrogens with zero attached hydrogens (tertiary/aromatic N) is 3. The summed E-state index contributed by atoms with van der Waals surface area (Å²) in [6.07, 6.45) is 1.75. The van der Waals surface area contributed by atoms with Crippen molar-refractivity contribution in [3.05, 3.63) is 11.2 Å². The van der Waals surface area contributed by atoms with E-state index in [-0.39, 0.29) is 0 Å². The van der Waals surface area contributed by atoms with E-state index in [2.05, 4.69) is 20.3 Å². The molecule has 0 bridgehead atoms.